The summed E-state index contributed by atoms with van der Waals surface area (Å²) in [5.74, 6) is -0.243. The Hall–Kier alpha value is -1.39. The maximum Gasteiger partial charge on any atom is 0.308 e. The van der Waals surface area contributed by atoms with Crippen LogP contribution in [-0.2, 0) is 19.0 Å². The van der Waals surface area contributed by atoms with E-state index < -0.39 is 0 Å². The smallest absolute Gasteiger partial charge is 0.308 e. The van der Waals surface area contributed by atoms with Crippen LogP contribution in [0.4, 0.5) is 0 Å². The molecule has 0 aromatic rings. The molecule has 4 heteroatoms. The van der Waals surface area contributed by atoms with Gasteiger partial charge in [0.15, 0.2) is 0 Å². The van der Waals surface area contributed by atoms with E-state index in [9.17, 15) is 4.79 Å². The first kappa shape index (κ1) is 27.6. The Balaban J connectivity index is 1.97. The molecule has 0 spiro atoms. The number of ether oxygens (including phenoxy) is 3. The summed E-state index contributed by atoms with van der Waals surface area (Å²) in [5.41, 5.74) is -0.338. The Morgan fingerprint density at radius 3 is 2.10 bits per heavy atom. The highest BCUT2D eigenvalue weighted by molar-refractivity contribution is 5.70. The molecule has 2 atom stereocenters. The molecule has 0 bridgehead atoms. The number of carbonyl (C=O) groups is 1. The fraction of sp³-hybridized carbons (Fsp3) is 0.741. The molecule has 1 aliphatic heterocycles. The van der Waals surface area contributed by atoms with Gasteiger partial charge in [-0.25, -0.2) is 0 Å². The average Bonchev–Trinajstić information content (AvgIpc) is 2.80. The van der Waals surface area contributed by atoms with Crippen LogP contribution in [0, 0.1) is 0 Å². The minimum atomic E-state index is -0.338. The molecule has 1 aliphatic rings. The lowest BCUT2D eigenvalue weighted by Crippen LogP contribution is -2.40. The van der Waals surface area contributed by atoms with Gasteiger partial charge in [-0.15, -0.1) is 0 Å². The highest BCUT2D eigenvalue weighted by Gasteiger charge is 2.32. The van der Waals surface area contributed by atoms with E-state index >= 15 is 0 Å². The maximum absolute atomic E-state index is 11.4. The number of unbranched alkanes of at least 4 members (excludes halogenated alkanes) is 11. The Bertz CT molecular complexity index is 537. The summed E-state index contributed by atoms with van der Waals surface area (Å²) in [6.07, 6.45) is 29.5. The molecule has 0 saturated heterocycles. The van der Waals surface area contributed by atoms with Gasteiger partial charge >= 0.3 is 5.97 Å². The van der Waals surface area contributed by atoms with Crippen molar-refractivity contribution < 1.29 is 19.0 Å². The Kier molecular flexibility index (Phi) is 16.2. The molecule has 0 amide bonds. The fourth-order valence-corrected chi connectivity index (χ4v) is 3.96. The van der Waals surface area contributed by atoms with Crippen molar-refractivity contribution in [2.45, 2.75) is 109 Å². The van der Waals surface area contributed by atoms with Gasteiger partial charge in [0.25, 0.3) is 0 Å². The second kappa shape index (κ2) is 18.2. The van der Waals surface area contributed by atoms with Crippen molar-refractivity contribution in [2.75, 3.05) is 20.8 Å². The number of methoxy groups -OCH3 is 2. The third-order valence-electron chi connectivity index (χ3n) is 6.07. The lowest BCUT2D eigenvalue weighted by molar-refractivity contribution is -0.145. The number of esters is 1. The van der Waals surface area contributed by atoms with Gasteiger partial charge in [0, 0.05) is 7.11 Å². The van der Waals surface area contributed by atoms with E-state index in [1.165, 1.54) is 77.7 Å². The largest absolute Gasteiger partial charge is 0.469 e. The zero-order valence-corrected chi connectivity index (χ0v) is 20.3. The fourth-order valence-electron chi connectivity index (χ4n) is 3.96. The van der Waals surface area contributed by atoms with E-state index in [2.05, 4.69) is 37.3 Å². The number of allylic oxidation sites excluding steroid dienone is 4. The van der Waals surface area contributed by atoms with Crippen molar-refractivity contribution in [3.63, 3.8) is 0 Å². The van der Waals surface area contributed by atoms with Crippen LogP contribution in [0.1, 0.15) is 96.8 Å². The lowest BCUT2D eigenvalue weighted by Gasteiger charge is -2.34. The molecule has 0 saturated carbocycles. The molecule has 0 radical (unpaired) electrons. The van der Waals surface area contributed by atoms with E-state index in [-0.39, 0.29) is 24.1 Å². The van der Waals surface area contributed by atoms with Crippen LogP contribution < -0.4 is 0 Å². The molecule has 4 nitrogen and oxygen atoms in total. The zero-order chi connectivity index (χ0) is 22.6. The normalized spacial score (nSPS) is 21.3. The number of hydrogen-bond donors (Lipinski definition) is 0. The first-order valence-electron chi connectivity index (χ1n) is 12.4. The zero-order valence-electron chi connectivity index (χ0n) is 20.3. The Morgan fingerprint density at radius 1 is 0.968 bits per heavy atom. The molecule has 0 aromatic carbocycles. The monoisotopic (exact) mass is 434 g/mol. The van der Waals surface area contributed by atoms with E-state index in [1.54, 1.807) is 7.11 Å². The highest BCUT2D eigenvalue weighted by atomic mass is 16.5. The summed E-state index contributed by atoms with van der Waals surface area (Å²) in [5, 5.41) is 0. The van der Waals surface area contributed by atoms with Crippen LogP contribution in [0.3, 0.4) is 0 Å². The van der Waals surface area contributed by atoms with Crippen LogP contribution in [0.25, 0.3) is 0 Å². The van der Waals surface area contributed by atoms with Gasteiger partial charge in [-0.1, -0.05) is 101 Å². The second-order valence-electron chi connectivity index (χ2n) is 8.64. The minimum absolute atomic E-state index is 0.198. The number of hydrogen-bond acceptors (Lipinski definition) is 4. The molecule has 0 aromatic heterocycles. The van der Waals surface area contributed by atoms with Crippen molar-refractivity contribution in [1.29, 1.82) is 0 Å². The Morgan fingerprint density at radius 2 is 1.58 bits per heavy atom. The lowest BCUT2D eigenvalue weighted by atomic mass is 9.93. The van der Waals surface area contributed by atoms with Crippen LogP contribution in [0.5, 0.6) is 0 Å². The first-order chi connectivity index (χ1) is 15.2. The molecular weight excluding hydrogens is 388 g/mol. The van der Waals surface area contributed by atoms with Crippen molar-refractivity contribution in [1.82, 2.24) is 0 Å². The van der Waals surface area contributed by atoms with Gasteiger partial charge in [-0.2, -0.15) is 0 Å². The Labute approximate surface area is 191 Å². The van der Waals surface area contributed by atoms with E-state index in [0.29, 0.717) is 6.61 Å². The molecule has 0 aliphatic carbocycles. The third kappa shape index (κ3) is 13.6. The number of carbonyl (C=O) groups excluding carboxylic acids is 1. The molecule has 1 rings (SSSR count). The summed E-state index contributed by atoms with van der Waals surface area (Å²) in [4.78, 5) is 11.4. The van der Waals surface area contributed by atoms with E-state index in [4.69, 9.17) is 14.2 Å². The van der Waals surface area contributed by atoms with Gasteiger partial charge < -0.3 is 14.2 Å². The molecule has 31 heavy (non-hydrogen) atoms. The summed E-state index contributed by atoms with van der Waals surface area (Å²) < 4.78 is 16.3. The summed E-state index contributed by atoms with van der Waals surface area (Å²) in [6, 6.07) is 0. The van der Waals surface area contributed by atoms with E-state index in [1.807, 2.05) is 6.08 Å². The standard InChI is InChI=1S/C27H46O4/c1-4-5-6-7-8-9-10-11-12-13-14-15-16-17-18-19-21-27(30-3)22-20-25(31-24-27)23-26(28)29-2/h4-7,20,22,25H,8-19,21,23-24H2,1-3H3/b5-4+,7-6+/t25?,27-/m0/s1. The van der Waals surface area contributed by atoms with Crippen molar-refractivity contribution in [3.05, 3.63) is 36.5 Å². The second-order valence-corrected chi connectivity index (χ2v) is 8.64. The van der Waals surface area contributed by atoms with Crippen molar-refractivity contribution in [3.8, 4) is 0 Å². The summed E-state index contributed by atoms with van der Waals surface area (Å²) >= 11 is 0. The van der Waals surface area contributed by atoms with Gasteiger partial charge in [-0.05, 0) is 26.2 Å². The van der Waals surface area contributed by atoms with Crippen LogP contribution in [0.2, 0.25) is 0 Å². The van der Waals surface area contributed by atoms with Crippen molar-refractivity contribution >= 4 is 5.97 Å². The molecular formula is C27H46O4. The SMILES string of the molecule is C/C=C/C=C/CCCCCCCCCCCCC[C@]1(OC)C=CC(CC(=O)OC)OC1. The average molecular weight is 435 g/mol. The van der Waals surface area contributed by atoms with Gasteiger partial charge in [-0.3, -0.25) is 4.79 Å². The molecule has 1 unspecified atom stereocenters. The first-order valence-corrected chi connectivity index (χ1v) is 12.4. The maximum atomic E-state index is 11.4. The molecule has 0 fully saturated rings. The van der Waals surface area contributed by atoms with Gasteiger partial charge in [0.1, 0.15) is 5.60 Å². The number of rotatable bonds is 18. The van der Waals surface area contributed by atoms with Crippen molar-refractivity contribution in [2.24, 2.45) is 0 Å². The van der Waals surface area contributed by atoms with Gasteiger partial charge in [0.2, 0.25) is 0 Å². The quantitative estimate of drug-likeness (QED) is 0.0999. The van der Waals surface area contributed by atoms with Gasteiger partial charge in [0.05, 0.1) is 26.2 Å². The molecule has 0 N–H and O–H groups in total. The summed E-state index contributed by atoms with van der Waals surface area (Å²) in [6.45, 7) is 2.56. The predicted molar refractivity (Wildman–Crippen MR) is 129 cm³/mol. The molecule has 1 heterocycles. The minimum Gasteiger partial charge on any atom is -0.469 e. The van der Waals surface area contributed by atoms with Crippen LogP contribution >= 0.6 is 0 Å². The molecule has 178 valence electrons. The van der Waals surface area contributed by atoms with Crippen LogP contribution in [-0.4, -0.2) is 38.5 Å². The van der Waals surface area contributed by atoms with Crippen LogP contribution in [0.15, 0.2) is 36.5 Å². The summed E-state index contributed by atoms with van der Waals surface area (Å²) in [7, 11) is 3.15. The van der Waals surface area contributed by atoms with E-state index in [0.717, 1.165) is 12.8 Å². The highest BCUT2D eigenvalue weighted by Crippen LogP contribution is 2.27. The third-order valence-corrected chi connectivity index (χ3v) is 6.07. The topological polar surface area (TPSA) is 44.8 Å². The predicted octanol–water partition coefficient (Wildman–Crippen LogP) is 7.09.